The van der Waals surface area contributed by atoms with Gasteiger partial charge >= 0.3 is 13.9 Å². The number of unbranched alkanes of at least 4 members (excludes halogenated alkanes) is 2. The van der Waals surface area contributed by atoms with Gasteiger partial charge in [-0.3, -0.25) is 13.9 Å². The van der Waals surface area contributed by atoms with Crippen LogP contribution in [0.25, 0.3) is 11.2 Å². The Hall–Kier alpha value is -2.61. The molecule has 1 aromatic carbocycles. The summed E-state index contributed by atoms with van der Waals surface area (Å²) in [7, 11) is -0.984. The summed E-state index contributed by atoms with van der Waals surface area (Å²) in [6.45, 7) is 0.923. The molecule has 0 aliphatic rings. The Morgan fingerprint density at radius 2 is 1.89 bits per heavy atom. The monoisotopic (exact) mass is 405 g/mol. The predicted octanol–water partition coefficient (Wildman–Crippen LogP) is 1.78. The fourth-order valence-corrected chi connectivity index (χ4v) is 3.40. The van der Waals surface area contributed by atoms with Crippen LogP contribution < -0.4 is 11.2 Å². The van der Waals surface area contributed by atoms with Gasteiger partial charge in [0.25, 0.3) is 5.56 Å². The van der Waals surface area contributed by atoms with Crippen molar-refractivity contribution in [1.82, 2.24) is 18.7 Å². The third-order valence-electron chi connectivity index (χ3n) is 4.53. The number of aromatic nitrogens is 4. The first kappa shape index (κ1) is 20.1. The number of fused-ring (bicyclic) bond motifs is 1. The largest absolute Gasteiger partial charge is 0.694 e. The second kappa shape index (κ2) is 9.05. The molecule has 1 atom stereocenters. The maximum atomic E-state index is 13.0. The second-order valence-electron chi connectivity index (χ2n) is 6.46. The van der Waals surface area contributed by atoms with Crippen LogP contribution in [0.5, 0.6) is 0 Å². The van der Waals surface area contributed by atoms with Gasteiger partial charge in [0.05, 0.1) is 6.33 Å². The molecule has 148 valence electrons. The third-order valence-corrected chi connectivity index (χ3v) is 4.93. The van der Waals surface area contributed by atoms with Crippen molar-refractivity contribution in [2.24, 2.45) is 7.05 Å². The number of aryl methyl sites for hydroxylation is 1. The van der Waals surface area contributed by atoms with Crippen molar-refractivity contribution in [3.63, 3.8) is 0 Å². The lowest BCUT2D eigenvalue weighted by molar-refractivity contribution is 0.273. The van der Waals surface area contributed by atoms with Gasteiger partial charge in [0.1, 0.15) is 6.61 Å². The van der Waals surface area contributed by atoms with Crippen LogP contribution in [0.15, 0.2) is 46.2 Å². The van der Waals surface area contributed by atoms with E-state index >= 15 is 0 Å². The summed E-state index contributed by atoms with van der Waals surface area (Å²) in [6.07, 6.45) is 3.40. The highest BCUT2D eigenvalue weighted by atomic mass is 31.1. The smallest absolute Gasteiger partial charge is 0.320 e. The molecule has 28 heavy (non-hydrogen) atoms. The molecule has 0 radical (unpaired) electrons. The van der Waals surface area contributed by atoms with Crippen molar-refractivity contribution in [2.45, 2.75) is 32.4 Å². The van der Waals surface area contributed by atoms with Crippen LogP contribution in [0.4, 0.5) is 0 Å². The summed E-state index contributed by atoms with van der Waals surface area (Å²) in [5.74, 6) is 0. The van der Waals surface area contributed by atoms with Gasteiger partial charge in [0, 0.05) is 24.7 Å². The van der Waals surface area contributed by atoms with Gasteiger partial charge in [-0.15, -0.1) is 9.42 Å². The molecular formula is C18H22N4O5P+. The van der Waals surface area contributed by atoms with Crippen molar-refractivity contribution >= 4 is 19.4 Å². The zero-order valence-corrected chi connectivity index (χ0v) is 16.4. The van der Waals surface area contributed by atoms with E-state index in [1.54, 1.807) is 17.9 Å². The van der Waals surface area contributed by atoms with Gasteiger partial charge < -0.3 is 4.57 Å². The number of imidazole rings is 1. The molecule has 9 nitrogen and oxygen atoms in total. The Balaban J connectivity index is 1.83. The second-order valence-corrected chi connectivity index (χ2v) is 7.19. The average Bonchev–Trinajstić information content (AvgIpc) is 3.09. The minimum atomic E-state index is -2.59. The van der Waals surface area contributed by atoms with Gasteiger partial charge in [0.15, 0.2) is 11.2 Å². The lowest BCUT2D eigenvalue weighted by Gasteiger charge is -2.10. The highest BCUT2D eigenvalue weighted by Crippen LogP contribution is 2.15. The molecule has 0 saturated heterocycles. The van der Waals surface area contributed by atoms with E-state index in [0.29, 0.717) is 37.0 Å². The number of rotatable bonds is 9. The molecule has 0 bridgehead atoms. The quantitative estimate of drug-likeness (QED) is 0.429. The molecule has 0 saturated carbocycles. The molecular weight excluding hydrogens is 383 g/mol. The first-order chi connectivity index (χ1) is 13.5. The summed E-state index contributed by atoms with van der Waals surface area (Å²) in [5.41, 5.74) is 1.02. The Bertz CT molecular complexity index is 1090. The zero-order chi connectivity index (χ0) is 20.1. The first-order valence-corrected chi connectivity index (χ1v) is 10.1. The van der Waals surface area contributed by atoms with E-state index in [1.807, 2.05) is 30.3 Å². The first-order valence-electron chi connectivity index (χ1n) is 8.96. The van der Waals surface area contributed by atoms with Crippen molar-refractivity contribution < 1.29 is 14.0 Å². The predicted molar refractivity (Wildman–Crippen MR) is 104 cm³/mol. The van der Waals surface area contributed by atoms with Crippen LogP contribution in [0, 0.1) is 0 Å². The molecule has 0 fully saturated rings. The van der Waals surface area contributed by atoms with Gasteiger partial charge in [-0.1, -0.05) is 30.3 Å². The number of benzene rings is 1. The summed E-state index contributed by atoms with van der Waals surface area (Å²) in [6, 6.07) is 9.72. The number of hydrogen-bond donors (Lipinski definition) is 1. The van der Waals surface area contributed by atoms with Crippen LogP contribution in [0.2, 0.25) is 0 Å². The molecule has 3 rings (SSSR count). The van der Waals surface area contributed by atoms with Crippen molar-refractivity contribution in [1.29, 1.82) is 0 Å². The summed E-state index contributed by atoms with van der Waals surface area (Å²) >= 11 is 0. The Morgan fingerprint density at radius 3 is 2.61 bits per heavy atom. The Morgan fingerprint density at radius 1 is 1.14 bits per heavy atom. The van der Waals surface area contributed by atoms with Gasteiger partial charge in [-0.25, -0.2) is 9.78 Å². The molecule has 1 unspecified atom stereocenters. The Labute approximate surface area is 161 Å². The highest BCUT2D eigenvalue weighted by Gasteiger charge is 2.16. The molecule has 1 N–H and O–H groups in total. The fraction of sp³-hybridized carbons (Fsp3) is 0.389. The van der Waals surface area contributed by atoms with Crippen molar-refractivity contribution in [3.8, 4) is 0 Å². The molecule has 0 amide bonds. The van der Waals surface area contributed by atoms with Crippen LogP contribution in [0.1, 0.15) is 24.8 Å². The molecule has 0 aliphatic heterocycles. The van der Waals surface area contributed by atoms with Crippen LogP contribution >= 0.6 is 8.25 Å². The molecule has 0 aliphatic carbocycles. The van der Waals surface area contributed by atoms with E-state index in [1.165, 1.54) is 9.13 Å². The standard InChI is InChI=1S/C18H21N4O5P/c1-20-16-15(21(13-19-16)12-14-8-4-2-5-9-14)17(23)22(18(20)24)10-6-3-7-11-27-28(25)26/h2,4-5,8-9,13H,3,6-7,10-12H2,1H3/p+1. The molecule has 3 aromatic rings. The van der Waals surface area contributed by atoms with E-state index in [-0.39, 0.29) is 18.7 Å². The van der Waals surface area contributed by atoms with E-state index in [9.17, 15) is 14.2 Å². The number of nitrogens with zero attached hydrogens (tertiary/aromatic N) is 4. The lowest BCUT2D eigenvalue weighted by atomic mass is 10.2. The van der Waals surface area contributed by atoms with Gasteiger partial charge in [0.2, 0.25) is 0 Å². The molecule has 2 heterocycles. The fourth-order valence-electron chi connectivity index (χ4n) is 3.11. The van der Waals surface area contributed by atoms with Gasteiger partial charge in [-0.2, -0.15) is 0 Å². The normalized spacial score (nSPS) is 11.9. The average molecular weight is 405 g/mol. The number of hydrogen-bond acceptors (Lipinski definition) is 5. The van der Waals surface area contributed by atoms with E-state index in [4.69, 9.17) is 4.89 Å². The van der Waals surface area contributed by atoms with Crippen LogP contribution in [-0.4, -0.2) is 30.2 Å². The molecule has 2 aromatic heterocycles. The summed E-state index contributed by atoms with van der Waals surface area (Å²) < 4.78 is 19.4. The minimum absolute atomic E-state index is 0.168. The van der Waals surface area contributed by atoms with Crippen LogP contribution in [0.3, 0.4) is 0 Å². The molecule has 10 heteroatoms. The molecule has 0 spiro atoms. The summed E-state index contributed by atoms with van der Waals surface area (Å²) in [5, 5.41) is 0. The van der Waals surface area contributed by atoms with E-state index in [2.05, 4.69) is 9.51 Å². The maximum Gasteiger partial charge on any atom is 0.694 e. The van der Waals surface area contributed by atoms with E-state index in [0.717, 1.165) is 5.56 Å². The SMILES string of the molecule is Cn1c(=O)n(CCCCCO[P+](=O)O)c(=O)c2c1ncn2Cc1ccccc1. The van der Waals surface area contributed by atoms with Gasteiger partial charge in [-0.05, 0) is 24.8 Å². The highest BCUT2D eigenvalue weighted by molar-refractivity contribution is 7.32. The van der Waals surface area contributed by atoms with Crippen molar-refractivity contribution in [3.05, 3.63) is 63.1 Å². The van der Waals surface area contributed by atoms with Crippen molar-refractivity contribution in [2.75, 3.05) is 6.61 Å². The third kappa shape index (κ3) is 4.44. The Kier molecular flexibility index (Phi) is 6.51. The van der Waals surface area contributed by atoms with E-state index < -0.39 is 13.9 Å². The maximum absolute atomic E-state index is 13.0. The lowest BCUT2D eigenvalue weighted by Crippen LogP contribution is -2.39. The minimum Gasteiger partial charge on any atom is -0.320 e. The topological polar surface area (TPSA) is 108 Å². The van der Waals surface area contributed by atoms with Crippen LogP contribution in [-0.2, 0) is 29.2 Å². The zero-order valence-electron chi connectivity index (χ0n) is 15.5. The summed E-state index contributed by atoms with van der Waals surface area (Å²) in [4.78, 5) is 38.4.